The molecular formula is C27H26F2N4O4. The molecule has 2 aromatic heterocycles. The van der Waals surface area contributed by atoms with Gasteiger partial charge in [-0.25, -0.2) is 23.5 Å². The van der Waals surface area contributed by atoms with Gasteiger partial charge in [0.1, 0.15) is 40.5 Å². The van der Waals surface area contributed by atoms with E-state index in [1.54, 1.807) is 6.92 Å². The number of halogens is 2. The number of aromatic hydroxyl groups is 1. The average Bonchev–Trinajstić information content (AvgIpc) is 3.25. The molecule has 1 aliphatic heterocycles. The minimum absolute atomic E-state index is 0.00642. The maximum atomic E-state index is 16.3. The summed E-state index contributed by atoms with van der Waals surface area (Å²) in [5.41, 5.74) is 0.395. The van der Waals surface area contributed by atoms with Crippen LogP contribution in [0.1, 0.15) is 44.5 Å². The fourth-order valence-electron chi connectivity index (χ4n) is 5.04. The second kappa shape index (κ2) is 9.19. The zero-order valence-corrected chi connectivity index (χ0v) is 20.5. The summed E-state index contributed by atoms with van der Waals surface area (Å²) in [6.07, 6.45) is 0.824. The number of hydrogen-bond donors (Lipinski definition) is 3. The van der Waals surface area contributed by atoms with E-state index >= 15 is 4.39 Å². The van der Waals surface area contributed by atoms with E-state index in [-0.39, 0.29) is 52.6 Å². The Bertz CT molecular complexity index is 1560. The molecule has 0 aliphatic carbocycles. The van der Waals surface area contributed by atoms with Crippen LogP contribution in [0.25, 0.3) is 32.9 Å². The van der Waals surface area contributed by atoms with Crippen LogP contribution >= 0.6 is 0 Å². The lowest BCUT2D eigenvalue weighted by Gasteiger charge is -2.24. The number of aliphatic carboxylic acids is 1. The third kappa shape index (κ3) is 4.11. The van der Waals surface area contributed by atoms with Gasteiger partial charge in [0.2, 0.25) is 0 Å². The van der Waals surface area contributed by atoms with E-state index in [0.717, 1.165) is 0 Å². The third-order valence-corrected chi connectivity index (χ3v) is 6.80. The maximum absolute atomic E-state index is 16.3. The van der Waals surface area contributed by atoms with Crippen molar-refractivity contribution in [3.05, 3.63) is 53.5 Å². The van der Waals surface area contributed by atoms with Crippen LogP contribution in [0.3, 0.4) is 0 Å². The molecule has 0 amide bonds. The molecule has 1 saturated heterocycles. The number of benzene rings is 2. The van der Waals surface area contributed by atoms with Crippen LogP contribution in [-0.4, -0.2) is 54.9 Å². The van der Waals surface area contributed by atoms with Crippen molar-refractivity contribution in [3.8, 4) is 17.0 Å². The highest BCUT2D eigenvalue weighted by molar-refractivity contribution is 6.02. The lowest BCUT2D eigenvalue weighted by atomic mass is 9.94. The van der Waals surface area contributed by atoms with Crippen LogP contribution in [0, 0.1) is 11.6 Å². The fourth-order valence-corrected chi connectivity index (χ4v) is 5.04. The Kier molecular flexibility index (Phi) is 6.15. The lowest BCUT2D eigenvalue weighted by molar-refractivity contribution is -0.138. The number of carboxylic acids is 1. The van der Waals surface area contributed by atoms with Crippen molar-refractivity contribution in [1.29, 1.82) is 0 Å². The molecule has 4 aromatic rings. The van der Waals surface area contributed by atoms with Crippen LogP contribution in [0.5, 0.6) is 5.75 Å². The van der Waals surface area contributed by atoms with Gasteiger partial charge in [-0.1, -0.05) is 26.8 Å². The van der Waals surface area contributed by atoms with E-state index < -0.39 is 29.7 Å². The standard InChI is InChI=1S/C27H26F2N4O4/c1-4-16-19(28)6-5-13-7-14(34)8-17(21(13)16)23-22(29)24-18(10-30-23)26(32-25(31-24)12(2)3)33-11-15(35)9-20(33)27(36)37/h5-8,10,12,15,20,34-35H,4,9,11H2,1-3H3,(H,36,37)/t15-,20+/m1/s1. The number of carbonyl (C=O) groups is 1. The number of rotatable bonds is 5. The van der Waals surface area contributed by atoms with Gasteiger partial charge >= 0.3 is 5.97 Å². The Morgan fingerprint density at radius 2 is 1.97 bits per heavy atom. The fraction of sp³-hybridized carbons (Fsp3) is 0.333. The van der Waals surface area contributed by atoms with Gasteiger partial charge in [-0.05, 0) is 41.0 Å². The SMILES string of the molecule is CCc1c(F)ccc2cc(O)cc(-c3ncc4c(N5C[C@H](O)C[C@H]5C(=O)O)nc(C(C)C)nc4c3F)c12. The number of β-amino-alcohol motifs (C(OH)–C–C–N with tert-alkyl or cyclic N) is 1. The molecule has 1 fully saturated rings. The number of aliphatic hydroxyl groups excluding tert-OH is 1. The van der Waals surface area contributed by atoms with Gasteiger partial charge in [0.25, 0.3) is 0 Å². The molecule has 192 valence electrons. The molecule has 0 unspecified atom stereocenters. The van der Waals surface area contributed by atoms with Gasteiger partial charge in [0.15, 0.2) is 5.82 Å². The molecule has 2 atom stereocenters. The third-order valence-electron chi connectivity index (χ3n) is 6.80. The molecule has 2 aromatic carbocycles. The van der Waals surface area contributed by atoms with Gasteiger partial charge in [-0.15, -0.1) is 0 Å². The van der Waals surface area contributed by atoms with Crippen LogP contribution in [0.2, 0.25) is 0 Å². The van der Waals surface area contributed by atoms with Crippen molar-refractivity contribution >= 4 is 33.5 Å². The zero-order valence-electron chi connectivity index (χ0n) is 20.5. The minimum atomic E-state index is -1.13. The molecule has 1 aliphatic rings. The van der Waals surface area contributed by atoms with E-state index in [4.69, 9.17) is 0 Å². The van der Waals surface area contributed by atoms with Crippen LogP contribution < -0.4 is 4.90 Å². The first kappa shape index (κ1) is 24.8. The van der Waals surface area contributed by atoms with E-state index in [1.165, 1.54) is 35.4 Å². The summed E-state index contributed by atoms with van der Waals surface area (Å²) in [6.45, 7) is 5.46. The summed E-state index contributed by atoms with van der Waals surface area (Å²) in [4.78, 5) is 26.7. The van der Waals surface area contributed by atoms with Crippen LogP contribution in [0.4, 0.5) is 14.6 Å². The molecule has 3 heterocycles. The Balaban J connectivity index is 1.81. The van der Waals surface area contributed by atoms with E-state index in [9.17, 15) is 24.5 Å². The van der Waals surface area contributed by atoms with Gasteiger partial charge < -0.3 is 20.2 Å². The monoisotopic (exact) mass is 508 g/mol. The number of carboxylic acid groups (broad SMARTS) is 1. The number of pyridine rings is 1. The largest absolute Gasteiger partial charge is 0.508 e. The quantitative estimate of drug-likeness (QED) is 0.360. The average molecular weight is 509 g/mol. The van der Waals surface area contributed by atoms with Crippen molar-refractivity contribution in [2.24, 2.45) is 0 Å². The van der Waals surface area contributed by atoms with Crippen molar-refractivity contribution < 1.29 is 28.9 Å². The zero-order chi connectivity index (χ0) is 26.6. The van der Waals surface area contributed by atoms with Gasteiger partial charge in [-0.2, -0.15) is 0 Å². The van der Waals surface area contributed by atoms with E-state index in [1.807, 2.05) is 13.8 Å². The molecule has 0 bridgehead atoms. The molecular weight excluding hydrogens is 482 g/mol. The molecule has 3 N–H and O–H groups in total. The van der Waals surface area contributed by atoms with Crippen molar-refractivity contribution in [1.82, 2.24) is 15.0 Å². The number of aryl methyl sites for hydroxylation is 1. The molecule has 37 heavy (non-hydrogen) atoms. The molecule has 0 spiro atoms. The number of hydrogen-bond acceptors (Lipinski definition) is 7. The van der Waals surface area contributed by atoms with Crippen LogP contribution in [-0.2, 0) is 11.2 Å². The molecule has 0 radical (unpaired) electrons. The number of phenolic OH excluding ortho intramolecular Hbond substituents is 1. The second-order valence-corrected chi connectivity index (χ2v) is 9.61. The Labute approximate surface area is 211 Å². The second-order valence-electron chi connectivity index (χ2n) is 9.61. The molecule has 0 saturated carbocycles. The Morgan fingerprint density at radius 3 is 2.65 bits per heavy atom. The summed E-state index contributed by atoms with van der Waals surface area (Å²) >= 11 is 0. The van der Waals surface area contributed by atoms with Gasteiger partial charge in [0.05, 0.1) is 11.5 Å². The Hall–Kier alpha value is -3.92. The topological polar surface area (TPSA) is 120 Å². The van der Waals surface area contributed by atoms with Crippen molar-refractivity contribution in [2.45, 2.75) is 51.7 Å². The number of nitrogens with zero attached hydrogens (tertiary/aromatic N) is 4. The first-order valence-electron chi connectivity index (χ1n) is 12.1. The predicted octanol–water partition coefficient (Wildman–Crippen LogP) is 4.54. The minimum Gasteiger partial charge on any atom is -0.508 e. The van der Waals surface area contributed by atoms with Crippen molar-refractivity contribution in [3.63, 3.8) is 0 Å². The number of anilines is 1. The number of aliphatic hydroxyl groups is 1. The first-order valence-corrected chi connectivity index (χ1v) is 12.1. The summed E-state index contributed by atoms with van der Waals surface area (Å²) in [7, 11) is 0. The van der Waals surface area contributed by atoms with Crippen molar-refractivity contribution in [2.75, 3.05) is 11.4 Å². The summed E-state index contributed by atoms with van der Waals surface area (Å²) in [5, 5.41) is 31.4. The number of aromatic nitrogens is 3. The lowest BCUT2D eigenvalue weighted by Crippen LogP contribution is -2.37. The smallest absolute Gasteiger partial charge is 0.326 e. The van der Waals surface area contributed by atoms with E-state index in [0.29, 0.717) is 28.6 Å². The van der Waals surface area contributed by atoms with E-state index in [2.05, 4.69) is 15.0 Å². The highest BCUT2D eigenvalue weighted by atomic mass is 19.1. The molecule has 5 rings (SSSR count). The summed E-state index contributed by atoms with van der Waals surface area (Å²) in [5.74, 6) is -2.23. The number of fused-ring (bicyclic) bond motifs is 2. The first-order chi connectivity index (χ1) is 17.6. The maximum Gasteiger partial charge on any atom is 0.326 e. The summed E-state index contributed by atoms with van der Waals surface area (Å²) in [6, 6.07) is 4.63. The molecule has 10 heteroatoms. The van der Waals surface area contributed by atoms with Gasteiger partial charge in [-0.3, -0.25) is 4.98 Å². The normalized spacial score (nSPS) is 17.9. The Morgan fingerprint density at radius 1 is 1.22 bits per heavy atom. The highest BCUT2D eigenvalue weighted by Crippen LogP contribution is 2.39. The predicted molar refractivity (Wildman–Crippen MR) is 135 cm³/mol. The van der Waals surface area contributed by atoms with Gasteiger partial charge in [0, 0.05) is 30.6 Å². The summed E-state index contributed by atoms with van der Waals surface area (Å²) < 4.78 is 31.0. The number of phenols is 1. The highest BCUT2D eigenvalue weighted by Gasteiger charge is 2.38. The molecule has 8 nitrogen and oxygen atoms in total. The van der Waals surface area contributed by atoms with Crippen LogP contribution in [0.15, 0.2) is 30.5 Å².